The Kier molecular flexibility index (Phi) is 4.92. The molecule has 2 aromatic rings. The highest BCUT2D eigenvalue weighted by Gasteiger charge is 2.23. The van der Waals surface area contributed by atoms with E-state index in [4.69, 9.17) is 0 Å². The molecule has 1 aromatic heterocycles. The Morgan fingerprint density at radius 1 is 1.14 bits per heavy atom. The SMILES string of the molecule is O=C(c1cccc(I)c1)N1CCN(c2ncc(Br)cn2)CC1. The van der Waals surface area contributed by atoms with Gasteiger partial charge in [0, 0.05) is 47.7 Å². The van der Waals surface area contributed by atoms with Crippen molar-refractivity contribution >= 4 is 50.4 Å². The molecule has 0 atom stereocenters. The van der Waals surface area contributed by atoms with Crippen LogP contribution in [0.15, 0.2) is 41.1 Å². The van der Waals surface area contributed by atoms with Crippen LogP contribution in [0, 0.1) is 3.57 Å². The summed E-state index contributed by atoms with van der Waals surface area (Å²) in [6.45, 7) is 2.86. The maximum atomic E-state index is 12.5. The average Bonchev–Trinajstić information content (AvgIpc) is 2.55. The number of amides is 1. The third kappa shape index (κ3) is 3.57. The van der Waals surface area contributed by atoms with Crippen LogP contribution >= 0.6 is 38.5 Å². The van der Waals surface area contributed by atoms with E-state index in [0.717, 1.165) is 26.7 Å². The fourth-order valence-electron chi connectivity index (χ4n) is 2.38. The predicted octanol–water partition coefficient (Wildman–Crippen LogP) is 2.81. The molecule has 0 unspecified atom stereocenters. The lowest BCUT2D eigenvalue weighted by Crippen LogP contribution is -2.49. The van der Waals surface area contributed by atoms with E-state index in [1.54, 1.807) is 12.4 Å². The van der Waals surface area contributed by atoms with Gasteiger partial charge < -0.3 is 9.80 Å². The van der Waals surface area contributed by atoms with E-state index >= 15 is 0 Å². The van der Waals surface area contributed by atoms with Crippen LogP contribution in [0.2, 0.25) is 0 Å². The monoisotopic (exact) mass is 472 g/mol. The lowest BCUT2D eigenvalue weighted by molar-refractivity contribution is 0.0746. The summed E-state index contributed by atoms with van der Waals surface area (Å²) >= 11 is 5.56. The van der Waals surface area contributed by atoms with Gasteiger partial charge in [0.15, 0.2) is 0 Å². The number of anilines is 1. The second-order valence-electron chi connectivity index (χ2n) is 4.99. The van der Waals surface area contributed by atoms with Gasteiger partial charge in [-0.15, -0.1) is 0 Å². The van der Waals surface area contributed by atoms with Crippen molar-refractivity contribution in [2.75, 3.05) is 31.1 Å². The van der Waals surface area contributed by atoms with Gasteiger partial charge in [-0.3, -0.25) is 4.79 Å². The van der Waals surface area contributed by atoms with E-state index in [2.05, 4.69) is 53.4 Å². The Hall–Kier alpha value is -1.22. The van der Waals surface area contributed by atoms with Crippen LogP contribution < -0.4 is 4.90 Å². The minimum atomic E-state index is 0.0925. The highest BCUT2D eigenvalue weighted by Crippen LogP contribution is 2.16. The number of hydrogen-bond donors (Lipinski definition) is 0. The van der Waals surface area contributed by atoms with Crippen molar-refractivity contribution in [3.8, 4) is 0 Å². The van der Waals surface area contributed by atoms with Crippen LogP contribution in [0.3, 0.4) is 0 Å². The van der Waals surface area contributed by atoms with E-state index in [9.17, 15) is 4.79 Å². The van der Waals surface area contributed by atoms with Crippen molar-refractivity contribution < 1.29 is 4.79 Å². The number of aromatic nitrogens is 2. The van der Waals surface area contributed by atoms with Gasteiger partial charge in [0.25, 0.3) is 5.91 Å². The highest BCUT2D eigenvalue weighted by molar-refractivity contribution is 14.1. The first kappa shape index (κ1) is 15.7. The Bertz CT molecular complexity index is 671. The fourth-order valence-corrected chi connectivity index (χ4v) is 3.13. The molecule has 0 spiro atoms. The zero-order valence-electron chi connectivity index (χ0n) is 11.7. The normalized spacial score (nSPS) is 15.0. The van der Waals surface area contributed by atoms with Gasteiger partial charge >= 0.3 is 0 Å². The molecule has 1 aromatic carbocycles. The second-order valence-corrected chi connectivity index (χ2v) is 7.15. The number of carbonyl (C=O) groups excluding carboxylic acids is 1. The average molecular weight is 473 g/mol. The van der Waals surface area contributed by atoms with Gasteiger partial charge in [-0.05, 0) is 56.7 Å². The smallest absolute Gasteiger partial charge is 0.254 e. The predicted molar refractivity (Wildman–Crippen MR) is 97.0 cm³/mol. The quantitative estimate of drug-likeness (QED) is 0.630. The van der Waals surface area contributed by atoms with Gasteiger partial charge in [0.05, 0.1) is 4.47 Å². The molecule has 0 saturated carbocycles. The molecule has 2 heterocycles. The number of benzene rings is 1. The molecule has 5 nitrogen and oxygen atoms in total. The van der Waals surface area contributed by atoms with Crippen LogP contribution in [-0.2, 0) is 0 Å². The molecule has 1 aliphatic heterocycles. The molecule has 114 valence electrons. The molecule has 3 rings (SSSR count). The van der Waals surface area contributed by atoms with E-state index in [0.29, 0.717) is 19.0 Å². The van der Waals surface area contributed by atoms with Gasteiger partial charge in [-0.25, -0.2) is 9.97 Å². The molecular weight excluding hydrogens is 459 g/mol. The maximum absolute atomic E-state index is 12.5. The van der Waals surface area contributed by atoms with E-state index in [1.807, 2.05) is 29.2 Å². The Labute approximate surface area is 151 Å². The number of nitrogens with zero attached hydrogens (tertiary/aromatic N) is 4. The number of halogens is 2. The Morgan fingerprint density at radius 3 is 2.45 bits per heavy atom. The summed E-state index contributed by atoms with van der Waals surface area (Å²) in [5, 5.41) is 0. The molecule has 0 N–H and O–H groups in total. The molecule has 1 aliphatic rings. The van der Waals surface area contributed by atoms with Gasteiger partial charge in [0.1, 0.15) is 0 Å². The second kappa shape index (κ2) is 6.91. The minimum Gasteiger partial charge on any atom is -0.337 e. The van der Waals surface area contributed by atoms with Crippen molar-refractivity contribution in [3.63, 3.8) is 0 Å². The topological polar surface area (TPSA) is 49.3 Å². The first-order valence-corrected chi connectivity index (χ1v) is 8.78. The molecule has 7 heteroatoms. The highest BCUT2D eigenvalue weighted by atomic mass is 127. The molecule has 22 heavy (non-hydrogen) atoms. The number of hydrogen-bond acceptors (Lipinski definition) is 4. The van der Waals surface area contributed by atoms with Crippen molar-refractivity contribution in [1.29, 1.82) is 0 Å². The maximum Gasteiger partial charge on any atom is 0.254 e. The van der Waals surface area contributed by atoms with Crippen LogP contribution in [0.4, 0.5) is 5.95 Å². The van der Waals surface area contributed by atoms with E-state index in [-0.39, 0.29) is 5.91 Å². The standard InChI is InChI=1S/C15H14BrIN4O/c16-12-9-18-15(19-10-12)21-6-4-20(5-7-21)14(22)11-2-1-3-13(17)8-11/h1-3,8-10H,4-7H2. The third-order valence-electron chi connectivity index (χ3n) is 3.53. The van der Waals surface area contributed by atoms with Crippen LogP contribution in [-0.4, -0.2) is 47.0 Å². The first-order valence-electron chi connectivity index (χ1n) is 6.91. The number of piperazine rings is 1. The third-order valence-corrected chi connectivity index (χ3v) is 4.61. The van der Waals surface area contributed by atoms with Crippen molar-refractivity contribution in [2.45, 2.75) is 0 Å². The minimum absolute atomic E-state index is 0.0925. The van der Waals surface area contributed by atoms with Crippen molar-refractivity contribution in [1.82, 2.24) is 14.9 Å². The summed E-state index contributed by atoms with van der Waals surface area (Å²) in [6, 6.07) is 7.70. The summed E-state index contributed by atoms with van der Waals surface area (Å²) in [7, 11) is 0. The molecule has 0 radical (unpaired) electrons. The van der Waals surface area contributed by atoms with E-state index in [1.165, 1.54) is 0 Å². The van der Waals surface area contributed by atoms with Crippen LogP contribution in [0.1, 0.15) is 10.4 Å². The zero-order chi connectivity index (χ0) is 15.5. The van der Waals surface area contributed by atoms with Gasteiger partial charge in [-0.1, -0.05) is 6.07 Å². The summed E-state index contributed by atoms with van der Waals surface area (Å²) in [6.07, 6.45) is 3.48. The van der Waals surface area contributed by atoms with E-state index < -0.39 is 0 Å². The number of carbonyl (C=O) groups is 1. The van der Waals surface area contributed by atoms with Gasteiger partial charge in [-0.2, -0.15) is 0 Å². The Balaban J connectivity index is 1.64. The first-order chi connectivity index (χ1) is 10.6. The summed E-state index contributed by atoms with van der Waals surface area (Å²) in [4.78, 5) is 25.1. The molecule has 1 saturated heterocycles. The van der Waals surface area contributed by atoms with Crippen LogP contribution in [0.5, 0.6) is 0 Å². The van der Waals surface area contributed by atoms with Gasteiger partial charge in [0.2, 0.25) is 5.95 Å². The molecule has 0 aliphatic carbocycles. The summed E-state index contributed by atoms with van der Waals surface area (Å²) < 4.78 is 1.94. The van der Waals surface area contributed by atoms with Crippen molar-refractivity contribution in [3.05, 3.63) is 50.3 Å². The molecule has 1 amide bonds. The van der Waals surface area contributed by atoms with Crippen molar-refractivity contribution in [2.24, 2.45) is 0 Å². The largest absolute Gasteiger partial charge is 0.337 e. The lowest BCUT2D eigenvalue weighted by atomic mass is 10.2. The molecule has 1 fully saturated rings. The van der Waals surface area contributed by atoms with Crippen LogP contribution in [0.25, 0.3) is 0 Å². The summed E-state index contributed by atoms with van der Waals surface area (Å²) in [5.41, 5.74) is 0.750. The number of rotatable bonds is 2. The summed E-state index contributed by atoms with van der Waals surface area (Å²) in [5.74, 6) is 0.805. The Morgan fingerprint density at radius 2 is 1.82 bits per heavy atom. The zero-order valence-corrected chi connectivity index (χ0v) is 15.5. The molecular formula is C15H14BrIN4O. The fraction of sp³-hybridized carbons (Fsp3) is 0.267. The molecule has 0 bridgehead atoms. The lowest BCUT2D eigenvalue weighted by Gasteiger charge is -2.34.